The maximum Gasteiger partial charge on any atom is 0.0143 e. The lowest BCUT2D eigenvalue weighted by Crippen LogP contribution is -2.18. The molecule has 0 aromatic heterocycles. The molecule has 19 heavy (non-hydrogen) atoms. The summed E-state index contributed by atoms with van der Waals surface area (Å²) in [5, 5.41) is 6.83. The van der Waals surface area contributed by atoms with Gasteiger partial charge in [-0.05, 0) is 31.6 Å². The zero-order valence-electron chi connectivity index (χ0n) is 13.4. The Kier molecular flexibility index (Phi) is 11.5. The van der Waals surface area contributed by atoms with E-state index in [1.807, 2.05) is 0 Å². The average Bonchev–Trinajstić information content (AvgIpc) is 2.40. The molecule has 0 saturated carbocycles. The third-order valence-electron chi connectivity index (χ3n) is 3.59. The Labute approximate surface area is 120 Å². The molecule has 2 heteroatoms. The minimum Gasteiger partial charge on any atom is -0.389 e. The number of unbranched alkanes of at least 4 members (excludes halogenated alkanes) is 3. The van der Waals surface area contributed by atoms with Crippen molar-refractivity contribution in [3.8, 4) is 0 Å². The highest BCUT2D eigenvalue weighted by molar-refractivity contribution is 4.95. The molecule has 0 aromatic rings. The van der Waals surface area contributed by atoms with E-state index >= 15 is 0 Å². The number of nitrogens with one attached hydrogen (secondary N) is 2. The van der Waals surface area contributed by atoms with E-state index in [4.69, 9.17) is 0 Å². The minimum absolute atomic E-state index is 0.591. The standard InChI is InChI=1S/C17H34N2/c1-6-12-16(4)18-13-10-8-9-11-14-19-17(5)15(3)7-2/h15,18-19H,4-14H2,1-3H3. The van der Waals surface area contributed by atoms with Crippen LogP contribution >= 0.6 is 0 Å². The predicted molar refractivity (Wildman–Crippen MR) is 87.1 cm³/mol. The second-order valence-electron chi connectivity index (χ2n) is 5.46. The van der Waals surface area contributed by atoms with E-state index in [9.17, 15) is 0 Å². The molecule has 0 aliphatic heterocycles. The summed E-state index contributed by atoms with van der Waals surface area (Å²) in [5.74, 6) is 0.591. The Morgan fingerprint density at radius 2 is 1.53 bits per heavy atom. The Morgan fingerprint density at radius 3 is 2.05 bits per heavy atom. The molecular weight excluding hydrogens is 232 g/mol. The van der Waals surface area contributed by atoms with Crippen molar-refractivity contribution in [3.63, 3.8) is 0 Å². The Balaban J connectivity index is 3.28. The molecule has 0 amide bonds. The van der Waals surface area contributed by atoms with E-state index < -0.39 is 0 Å². The lowest BCUT2D eigenvalue weighted by atomic mass is 10.1. The Bertz CT molecular complexity index is 246. The number of allylic oxidation sites excluding steroid dienone is 2. The molecule has 0 bridgehead atoms. The van der Waals surface area contributed by atoms with Crippen molar-refractivity contribution < 1.29 is 0 Å². The van der Waals surface area contributed by atoms with Crippen LogP contribution in [0, 0.1) is 5.92 Å². The minimum atomic E-state index is 0.591. The van der Waals surface area contributed by atoms with E-state index in [0.29, 0.717) is 5.92 Å². The molecule has 112 valence electrons. The molecule has 0 aromatic carbocycles. The topological polar surface area (TPSA) is 24.1 Å². The highest BCUT2D eigenvalue weighted by atomic mass is 14.9. The van der Waals surface area contributed by atoms with Gasteiger partial charge in [0.05, 0.1) is 0 Å². The van der Waals surface area contributed by atoms with Crippen molar-refractivity contribution in [2.24, 2.45) is 5.92 Å². The molecule has 0 spiro atoms. The van der Waals surface area contributed by atoms with Gasteiger partial charge >= 0.3 is 0 Å². The fraction of sp³-hybridized carbons (Fsp3) is 0.765. The summed E-state index contributed by atoms with van der Waals surface area (Å²) >= 11 is 0. The quantitative estimate of drug-likeness (QED) is 0.476. The van der Waals surface area contributed by atoms with E-state index in [1.54, 1.807) is 0 Å². The second-order valence-corrected chi connectivity index (χ2v) is 5.46. The van der Waals surface area contributed by atoms with Crippen molar-refractivity contribution in [1.82, 2.24) is 10.6 Å². The van der Waals surface area contributed by atoms with Crippen LogP contribution in [0.25, 0.3) is 0 Å². The van der Waals surface area contributed by atoms with Crippen LogP contribution in [0.4, 0.5) is 0 Å². The fourth-order valence-corrected chi connectivity index (χ4v) is 1.93. The first-order valence-corrected chi connectivity index (χ1v) is 7.96. The normalized spacial score (nSPS) is 11.9. The summed E-state index contributed by atoms with van der Waals surface area (Å²) < 4.78 is 0. The summed E-state index contributed by atoms with van der Waals surface area (Å²) in [6.45, 7) is 16.8. The molecule has 0 aliphatic rings. The van der Waals surface area contributed by atoms with Gasteiger partial charge in [-0.15, -0.1) is 0 Å². The van der Waals surface area contributed by atoms with Crippen LogP contribution in [0.15, 0.2) is 24.6 Å². The van der Waals surface area contributed by atoms with Crippen LogP contribution in [-0.2, 0) is 0 Å². The number of rotatable bonds is 13. The van der Waals surface area contributed by atoms with Gasteiger partial charge in [0.25, 0.3) is 0 Å². The zero-order chi connectivity index (χ0) is 14.5. The number of hydrogen-bond donors (Lipinski definition) is 2. The Morgan fingerprint density at radius 1 is 0.947 bits per heavy atom. The third kappa shape index (κ3) is 10.7. The molecule has 1 atom stereocenters. The van der Waals surface area contributed by atoms with Crippen molar-refractivity contribution >= 4 is 0 Å². The van der Waals surface area contributed by atoms with Gasteiger partial charge in [-0.3, -0.25) is 0 Å². The monoisotopic (exact) mass is 266 g/mol. The van der Waals surface area contributed by atoms with Crippen LogP contribution in [0.5, 0.6) is 0 Å². The number of hydrogen-bond acceptors (Lipinski definition) is 2. The van der Waals surface area contributed by atoms with Gasteiger partial charge in [0, 0.05) is 24.5 Å². The first-order chi connectivity index (χ1) is 9.11. The van der Waals surface area contributed by atoms with Gasteiger partial charge in [0.2, 0.25) is 0 Å². The lowest BCUT2D eigenvalue weighted by Gasteiger charge is -2.14. The van der Waals surface area contributed by atoms with Gasteiger partial charge < -0.3 is 10.6 Å². The van der Waals surface area contributed by atoms with Crippen molar-refractivity contribution in [2.45, 2.75) is 65.7 Å². The maximum atomic E-state index is 4.08. The zero-order valence-corrected chi connectivity index (χ0v) is 13.4. The van der Waals surface area contributed by atoms with Crippen LogP contribution in [0.3, 0.4) is 0 Å². The fourth-order valence-electron chi connectivity index (χ4n) is 1.93. The SMILES string of the molecule is C=C(CCC)NCCCCCCNC(=C)C(C)CC. The molecule has 1 unspecified atom stereocenters. The van der Waals surface area contributed by atoms with E-state index in [1.165, 1.54) is 49.9 Å². The average molecular weight is 266 g/mol. The maximum absolute atomic E-state index is 4.08. The van der Waals surface area contributed by atoms with Gasteiger partial charge in [-0.1, -0.05) is 53.2 Å². The van der Waals surface area contributed by atoms with Crippen LogP contribution in [0.1, 0.15) is 65.7 Å². The van der Waals surface area contributed by atoms with Crippen LogP contribution in [0.2, 0.25) is 0 Å². The molecule has 2 N–H and O–H groups in total. The van der Waals surface area contributed by atoms with Gasteiger partial charge in [0.1, 0.15) is 0 Å². The molecule has 0 saturated heterocycles. The summed E-state index contributed by atoms with van der Waals surface area (Å²) in [7, 11) is 0. The largest absolute Gasteiger partial charge is 0.389 e. The lowest BCUT2D eigenvalue weighted by molar-refractivity contribution is 0.556. The van der Waals surface area contributed by atoms with E-state index in [2.05, 4.69) is 44.6 Å². The van der Waals surface area contributed by atoms with Gasteiger partial charge in [-0.2, -0.15) is 0 Å². The smallest absolute Gasteiger partial charge is 0.0143 e. The predicted octanol–water partition coefficient (Wildman–Crippen LogP) is 4.60. The summed E-state index contributed by atoms with van der Waals surface area (Å²) in [6, 6.07) is 0. The first-order valence-electron chi connectivity index (χ1n) is 7.96. The van der Waals surface area contributed by atoms with Crippen LogP contribution < -0.4 is 10.6 Å². The highest BCUT2D eigenvalue weighted by Crippen LogP contribution is 2.09. The Hall–Kier alpha value is -0.920. The molecule has 0 fully saturated rings. The second kappa shape index (κ2) is 12.1. The van der Waals surface area contributed by atoms with Crippen molar-refractivity contribution in [2.75, 3.05) is 13.1 Å². The molecule has 2 nitrogen and oxygen atoms in total. The van der Waals surface area contributed by atoms with Crippen molar-refractivity contribution in [1.29, 1.82) is 0 Å². The molecule has 0 aliphatic carbocycles. The van der Waals surface area contributed by atoms with E-state index in [0.717, 1.165) is 19.5 Å². The summed E-state index contributed by atoms with van der Waals surface area (Å²) in [5.41, 5.74) is 2.38. The molecular formula is C17H34N2. The van der Waals surface area contributed by atoms with Gasteiger partial charge in [-0.25, -0.2) is 0 Å². The van der Waals surface area contributed by atoms with Crippen LogP contribution in [-0.4, -0.2) is 13.1 Å². The third-order valence-corrected chi connectivity index (χ3v) is 3.59. The highest BCUT2D eigenvalue weighted by Gasteiger charge is 2.02. The van der Waals surface area contributed by atoms with Gasteiger partial charge in [0.15, 0.2) is 0 Å². The first kappa shape index (κ1) is 18.1. The van der Waals surface area contributed by atoms with E-state index in [-0.39, 0.29) is 0 Å². The molecule has 0 heterocycles. The summed E-state index contributed by atoms with van der Waals surface area (Å²) in [6.07, 6.45) is 8.52. The molecule has 0 radical (unpaired) electrons. The van der Waals surface area contributed by atoms with Crippen molar-refractivity contribution in [3.05, 3.63) is 24.6 Å². The molecule has 0 rings (SSSR count). The summed E-state index contributed by atoms with van der Waals surface area (Å²) in [4.78, 5) is 0.